The molecular weight excluding hydrogens is 244 g/mol. The first-order valence-corrected chi connectivity index (χ1v) is 5.78. The zero-order chi connectivity index (χ0) is 14.1. The Kier molecular flexibility index (Phi) is 5.90. The molecule has 0 spiro atoms. The predicted octanol–water partition coefficient (Wildman–Crippen LogP) is 2.00. The molecule has 0 amide bonds. The van der Waals surface area contributed by atoms with E-state index < -0.39 is 18.4 Å². The Hall–Kier alpha value is -2.54. The van der Waals surface area contributed by atoms with E-state index in [4.69, 9.17) is 9.84 Å². The maximum atomic E-state index is 11.5. The maximum Gasteiger partial charge on any atom is 0.335 e. The number of aliphatic carboxylic acids is 1. The molecule has 0 aromatic heterocycles. The van der Waals surface area contributed by atoms with Crippen LogP contribution in [0.15, 0.2) is 42.0 Å². The molecule has 1 N–H and O–H groups in total. The highest BCUT2D eigenvalue weighted by Crippen LogP contribution is 2.04. The van der Waals surface area contributed by atoms with Crippen molar-refractivity contribution in [3.8, 4) is 11.8 Å². The lowest BCUT2D eigenvalue weighted by Crippen LogP contribution is -2.11. The number of ether oxygens (including phenoxy) is 1. The molecular formula is C15H14O4. The number of rotatable bonds is 4. The number of carbonyl (C=O) groups excluding carboxylic acids is 1. The molecule has 0 bridgehead atoms. The molecule has 0 aliphatic rings. The zero-order valence-corrected chi connectivity index (χ0v) is 10.6. The van der Waals surface area contributed by atoms with Crippen molar-refractivity contribution < 1.29 is 19.4 Å². The number of esters is 1. The van der Waals surface area contributed by atoms with Crippen LogP contribution in [-0.4, -0.2) is 23.7 Å². The minimum atomic E-state index is -1.10. The maximum absolute atomic E-state index is 11.5. The van der Waals surface area contributed by atoms with E-state index in [-0.39, 0.29) is 12.2 Å². The van der Waals surface area contributed by atoms with Gasteiger partial charge in [-0.25, -0.2) is 4.79 Å². The summed E-state index contributed by atoms with van der Waals surface area (Å²) in [6, 6.07) is 9.20. The monoisotopic (exact) mass is 258 g/mol. The van der Waals surface area contributed by atoms with Crippen LogP contribution in [-0.2, 0) is 14.3 Å². The standard InChI is InChI=1S/C15H14O4/c1-2-19-15(18)13(11-14(16)17)10-6-9-12-7-4-3-5-8-12/h3-5,7-8,10H,2,11H2,1H3,(H,16,17)/b13-10+. The van der Waals surface area contributed by atoms with Crippen molar-refractivity contribution >= 4 is 11.9 Å². The highest BCUT2D eigenvalue weighted by atomic mass is 16.5. The summed E-state index contributed by atoms with van der Waals surface area (Å²) in [6.45, 7) is 1.86. The smallest absolute Gasteiger partial charge is 0.335 e. The van der Waals surface area contributed by atoms with Crippen LogP contribution < -0.4 is 0 Å². The average molecular weight is 258 g/mol. The minimum absolute atomic E-state index is 0.0396. The van der Waals surface area contributed by atoms with E-state index in [9.17, 15) is 9.59 Å². The largest absolute Gasteiger partial charge is 0.481 e. The summed E-state index contributed by atoms with van der Waals surface area (Å²) in [5, 5.41) is 8.72. The van der Waals surface area contributed by atoms with E-state index >= 15 is 0 Å². The van der Waals surface area contributed by atoms with Crippen LogP contribution >= 0.6 is 0 Å². The van der Waals surface area contributed by atoms with Crippen LogP contribution in [0, 0.1) is 11.8 Å². The Morgan fingerprint density at radius 1 is 1.32 bits per heavy atom. The number of allylic oxidation sites excluding steroid dienone is 1. The third-order valence-electron chi connectivity index (χ3n) is 2.12. The highest BCUT2D eigenvalue weighted by molar-refractivity contribution is 5.94. The van der Waals surface area contributed by atoms with Gasteiger partial charge in [-0.05, 0) is 25.1 Å². The molecule has 1 aromatic carbocycles. The lowest BCUT2D eigenvalue weighted by molar-refractivity contribution is -0.142. The summed E-state index contributed by atoms with van der Waals surface area (Å²) >= 11 is 0. The summed E-state index contributed by atoms with van der Waals surface area (Å²) in [5.74, 6) is 3.75. The summed E-state index contributed by atoms with van der Waals surface area (Å²) in [5.41, 5.74) is 0.829. The molecule has 0 atom stereocenters. The van der Waals surface area contributed by atoms with Crippen molar-refractivity contribution in [2.45, 2.75) is 13.3 Å². The van der Waals surface area contributed by atoms with Crippen LogP contribution in [0.4, 0.5) is 0 Å². The second-order valence-corrected chi connectivity index (χ2v) is 3.60. The van der Waals surface area contributed by atoms with Crippen LogP contribution in [0.3, 0.4) is 0 Å². The van der Waals surface area contributed by atoms with Crippen molar-refractivity contribution in [1.29, 1.82) is 0 Å². The van der Waals surface area contributed by atoms with Gasteiger partial charge in [-0.15, -0.1) is 0 Å². The summed E-state index contributed by atoms with van der Waals surface area (Å²) in [6.07, 6.45) is 0.890. The Labute approximate surface area is 111 Å². The summed E-state index contributed by atoms with van der Waals surface area (Å²) < 4.78 is 4.77. The van der Waals surface area contributed by atoms with E-state index in [0.29, 0.717) is 0 Å². The first kappa shape index (κ1) is 14.5. The van der Waals surface area contributed by atoms with Crippen molar-refractivity contribution in [3.05, 3.63) is 47.5 Å². The fourth-order valence-corrected chi connectivity index (χ4v) is 1.30. The molecule has 98 valence electrons. The first-order valence-electron chi connectivity index (χ1n) is 5.78. The van der Waals surface area contributed by atoms with Gasteiger partial charge >= 0.3 is 11.9 Å². The second-order valence-electron chi connectivity index (χ2n) is 3.60. The molecule has 1 aromatic rings. The third-order valence-corrected chi connectivity index (χ3v) is 2.12. The number of carbonyl (C=O) groups is 2. The molecule has 0 aliphatic carbocycles. The zero-order valence-electron chi connectivity index (χ0n) is 10.6. The van der Waals surface area contributed by atoms with Gasteiger partial charge in [0.25, 0.3) is 0 Å². The van der Waals surface area contributed by atoms with Crippen molar-refractivity contribution in [1.82, 2.24) is 0 Å². The first-order chi connectivity index (χ1) is 9.13. The summed E-state index contributed by atoms with van der Waals surface area (Å²) in [7, 11) is 0. The number of carboxylic acids is 1. The molecule has 1 rings (SSSR count). The molecule has 0 saturated heterocycles. The average Bonchev–Trinajstić information content (AvgIpc) is 2.38. The van der Waals surface area contributed by atoms with E-state index in [0.717, 1.165) is 5.56 Å². The van der Waals surface area contributed by atoms with Gasteiger partial charge in [0.1, 0.15) is 0 Å². The Balaban J connectivity index is 2.86. The third kappa shape index (κ3) is 5.55. The fourth-order valence-electron chi connectivity index (χ4n) is 1.30. The predicted molar refractivity (Wildman–Crippen MR) is 70.3 cm³/mol. The Bertz CT molecular complexity index is 532. The lowest BCUT2D eigenvalue weighted by atomic mass is 10.1. The van der Waals surface area contributed by atoms with Gasteiger partial charge in [0.15, 0.2) is 0 Å². The van der Waals surface area contributed by atoms with E-state index in [1.165, 1.54) is 6.08 Å². The van der Waals surface area contributed by atoms with Crippen LogP contribution in [0.5, 0.6) is 0 Å². The SMILES string of the molecule is CCOC(=O)/C(=C/C#Cc1ccccc1)CC(=O)O. The van der Waals surface area contributed by atoms with Gasteiger partial charge in [-0.2, -0.15) is 0 Å². The quantitative estimate of drug-likeness (QED) is 0.509. The van der Waals surface area contributed by atoms with Crippen molar-refractivity contribution in [2.75, 3.05) is 6.61 Å². The normalized spacial score (nSPS) is 10.3. The molecule has 0 saturated carbocycles. The highest BCUT2D eigenvalue weighted by Gasteiger charge is 2.13. The topological polar surface area (TPSA) is 63.6 Å². The van der Waals surface area contributed by atoms with Crippen LogP contribution in [0.2, 0.25) is 0 Å². The molecule has 4 heteroatoms. The van der Waals surface area contributed by atoms with Crippen molar-refractivity contribution in [2.24, 2.45) is 0 Å². The van der Waals surface area contributed by atoms with E-state index in [1.54, 1.807) is 6.92 Å². The van der Waals surface area contributed by atoms with Crippen molar-refractivity contribution in [3.63, 3.8) is 0 Å². The van der Waals surface area contributed by atoms with Gasteiger partial charge in [-0.3, -0.25) is 4.79 Å². The molecule has 0 heterocycles. The van der Waals surface area contributed by atoms with E-state index in [2.05, 4.69) is 11.8 Å². The molecule has 0 unspecified atom stereocenters. The Morgan fingerprint density at radius 3 is 2.58 bits per heavy atom. The number of hydrogen-bond donors (Lipinski definition) is 1. The molecule has 0 aliphatic heterocycles. The fraction of sp³-hybridized carbons (Fsp3) is 0.200. The second kappa shape index (κ2) is 7.72. The van der Waals surface area contributed by atoms with Gasteiger partial charge in [0.05, 0.1) is 18.6 Å². The Morgan fingerprint density at radius 2 is 2.00 bits per heavy atom. The number of carboxylic acid groups (broad SMARTS) is 1. The molecule has 19 heavy (non-hydrogen) atoms. The van der Waals surface area contributed by atoms with E-state index in [1.807, 2.05) is 30.3 Å². The lowest BCUT2D eigenvalue weighted by Gasteiger charge is -2.02. The van der Waals surface area contributed by atoms with Crippen LogP contribution in [0.25, 0.3) is 0 Å². The summed E-state index contributed by atoms with van der Waals surface area (Å²) in [4.78, 5) is 22.2. The number of hydrogen-bond acceptors (Lipinski definition) is 3. The molecule has 4 nitrogen and oxygen atoms in total. The van der Waals surface area contributed by atoms with Gasteiger partial charge in [0, 0.05) is 5.56 Å². The number of benzene rings is 1. The van der Waals surface area contributed by atoms with Crippen LogP contribution in [0.1, 0.15) is 18.9 Å². The van der Waals surface area contributed by atoms with Gasteiger partial charge < -0.3 is 9.84 Å². The van der Waals surface area contributed by atoms with Gasteiger partial charge in [-0.1, -0.05) is 30.0 Å². The molecule has 0 radical (unpaired) electrons. The minimum Gasteiger partial charge on any atom is -0.481 e. The van der Waals surface area contributed by atoms with Gasteiger partial charge in [0.2, 0.25) is 0 Å². The molecule has 0 fully saturated rings.